The van der Waals surface area contributed by atoms with Gasteiger partial charge in [-0.2, -0.15) is 0 Å². The van der Waals surface area contributed by atoms with Crippen LogP contribution in [0.25, 0.3) is 0 Å². The Morgan fingerprint density at radius 3 is 1.73 bits per heavy atom. The van der Waals surface area contributed by atoms with Gasteiger partial charge in [0.25, 0.3) is 0 Å². The van der Waals surface area contributed by atoms with E-state index in [-0.39, 0.29) is 24.3 Å². The van der Waals surface area contributed by atoms with Gasteiger partial charge >= 0.3 is 11.8 Å². The van der Waals surface area contributed by atoms with Crippen LogP contribution in [0, 0.1) is 0 Å². The monoisotopic (exact) mass is 353 g/mol. The van der Waals surface area contributed by atoms with E-state index in [4.69, 9.17) is 0 Å². The summed E-state index contributed by atoms with van der Waals surface area (Å²) in [6.45, 7) is 3.49. The largest absolute Gasteiger partial charge is 0.346 e. The smallest absolute Gasteiger partial charge is 0.327 e. The lowest BCUT2D eigenvalue weighted by Gasteiger charge is -2.18. The molecule has 136 valence electrons. The normalized spacial score (nSPS) is 10.5. The number of carbonyl (C=O) groups excluding carboxylic acids is 3. The summed E-state index contributed by atoms with van der Waals surface area (Å²) in [6.07, 6.45) is 0.139. The van der Waals surface area contributed by atoms with E-state index < -0.39 is 11.8 Å². The van der Waals surface area contributed by atoms with Gasteiger partial charge in [-0.25, -0.2) is 0 Å². The topological polar surface area (TPSA) is 87.3 Å². The summed E-state index contributed by atoms with van der Waals surface area (Å²) in [5.41, 5.74) is 6.45. The molecule has 0 bridgehead atoms. The second kappa shape index (κ2) is 9.36. The van der Waals surface area contributed by atoms with Crippen LogP contribution >= 0.6 is 0 Å². The average Bonchev–Trinajstić information content (AvgIpc) is 2.65. The van der Waals surface area contributed by atoms with E-state index in [0.29, 0.717) is 0 Å². The third-order valence-electron chi connectivity index (χ3n) is 3.73. The van der Waals surface area contributed by atoms with E-state index >= 15 is 0 Å². The van der Waals surface area contributed by atoms with Crippen LogP contribution in [-0.2, 0) is 14.4 Å². The predicted octanol–water partition coefficient (Wildman–Crippen LogP) is 1.88. The molecular formula is C20H23N3O3. The quantitative estimate of drug-likeness (QED) is 0.567. The Balaban J connectivity index is 2.01. The van der Waals surface area contributed by atoms with E-state index in [0.717, 1.165) is 11.1 Å². The van der Waals surface area contributed by atoms with Crippen molar-refractivity contribution in [3.8, 4) is 0 Å². The zero-order chi connectivity index (χ0) is 18.9. The number of amides is 3. The van der Waals surface area contributed by atoms with Crippen LogP contribution in [0.5, 0.6) is 0 Å². The van der Waals surface area contributed by atoms with Gasteiger partial charge in [-0.1, -0.05) is 60.7 Å². The van der Waals surface area contributed by atoms with E-state index in [1.54, 1.807) is 13.8 Å². The van der Waals surface area contributed by atoms with Crippen LogP contribution < -0.4 is 16.2 Å². The zero-order valence-electron chi connectivity index (χ0n) is 14.9. The van der Waals surface area contributed by atoms with Crippen molar-refractivity contribution >= 4 is 17.7 Å². The Morgan fingerprint density at radius 1 is 0.769 bits per heavy atom. The van der Waals surface area contributed by atoms with Gasteiger partial charge < -0.3 is 5.32 Å². The van der Waals surface area contributed by atoms with Crippen molar-refractivity contribution in [2.24, 2.45) is 0 Å². The second-order valence-corrected chi connectivity index (χ2v) is 6.21. The third kappa shape index (κ3) is 5.73. The molecule has 0 atom stereocenters. The Hall–Kier alpha value is -3.15. The van der Waals surface area contributed by atoms with Crippen molar-refractivity contribution in [1.29, 1.82) is 0 Å². The van der Waals surface area contributed by atoms with Crippen LogP contribution in [0.2, 0.25) is 0 Å². The molecule has 0 fully saturated rings. The van der Waals surface area contributed by atoms with Gasteiger partial charge in [0, 0.05) is 18.4 Å². The first kappa shape index (κ1) is 19.2. The summed E-state index contributed by atoms with van der Waals surface area (Å²) in [7, 11) is 0. The first-order valence-corrected chi connectivity index (χ1v) is 8.47. The van der Waals surface area contributed by atoms with Crippen LogP contribution in [0.3, 0.4) is 0 Å². The average molecular weight is 353 g/mol. The molecule has 2 aromatic rings. The minimum atomic E-state index is -0.900. The fraction of sp³-hybridized carbons (Fsp3) is 0.250. The summed E-state index contributed by atoms with van der Waals surface area (Å²) < 4.78 is 0. The maximum Gasteiger partial charge on any atom is 0.327 e. The zero-order valence-corrected chi connectivity index (χ0v) is 14.9. The maximum absolute atomic E-state index is 12.3. The molecule has 0 saturated heterocycles. The highest BCUT2D eigenvalue weighted by molar-refractivity contribution is 6.35. The Bertz CT molecular complexity index is 706. The highest BCUT2D eigenvalue weighted by Crippen LogP contribution is 2.27. The summed E-state index contributed by atoms with van der Waals surface area (Å²) in [4.78, 5) is 35.5. The predicted molar refractivity (Wildman–Crippen MR) is 98.9 cm³/mol. The molecule has 0 aliphatic rings. The Morgan fingerprint density at radius 2 is 1.27 bits per heavy atom. The molecule has 0 heterocycles. The molecular weight excluding hydrogens is 330 g/mol. The van der Waals surface area contributed by atoms with Gasteiger partial charge in [-0.05, 0) is 25.0 Å². The first-order valence-electron chi connectivity index (χ1n) is 8.47. The first-order chi connectivity index (χ1) is 12.5. The van der Waals surface area contributed by atoms with Crippen molar-refractivity contribution in [1.82, 2.24) is 16.2 Å². The van der Waals surface area contributed by atoms with Crippen LogP contribution in [0.4, 0.5) is 0 Å². The van der Waals surface area contributed by atoms with E-state index in [9.17, 15) is 14.4 Å². The van der Waals surface area contributed by atoms with Crippen molar-refractivity contribution in [3.05, 3.63) is 71.8 Å². The highest BCUT2D eigenvalue weighted by Gasteiger charge is 2.20. The molecule has 6 nitrogen and oxygen atoms in total. The molecule has 0 radical (unpaired) electrons. The molecule has 26 heavy (non-hydrogen) atoms. The fourth-order valence-electron chi connectivity index (χ4n) is 2.55. The molecule has 0 aliphatic carbocycles. The molecule has 3 amide bonds. The number of hydrazine groups is 1. The molecule has 0 spiro atoms. The van der Waals surface area contributed by atoms with Crippen molar-refractivity contribution < 1.29 is 14.4 Å². The van der Waals surface area contributed by atoms with Gasteiger partial charge in [-0.15, -0.1) is 0 Å². The molecule has 2 aromatic carbocycles. The summed E-state index contributed by atoms with van der Waals surface area (Å²) in [6, 6.07) is 19.2. The lowest BCUT2D eigenvalue weighted by molar-refractivity contribution is -0.141. The molecule has 3 N–H and O–H groups in total. The number of benzene rings is 2. The number of nitrogens with one attached hydrogen (secondary N) is 3. The minimum absolute atomic E-state index is 0.139. The van der Waals surface area contributed by atoms with Crippen molar-refractivity contribution in [2.45, 2.75) is 32.2 Å². The number of carbonyl (C=O) groups is 3. The Kier molecular flexibility index (Phi) is 6.91. The van der Waals surface area contributed by atoms with Crippen LogP contribution in [0.15, 0.2) is 60.7 Å². The van der Waals surface area contributed by atoms with Crippen LogP contribution in [-0.4, -0.2) is 23.8 Å². The van der Waals surface area contributed by atoms with E-state index in [1.807, 2.05) is 60.7 Å². The molecule has 2 rings (SSSR count). The van der Waals surface area contributed by atoms with Crippen molar-refractivity contribution in [2.75, 3.05) is 0 Å². The van der Waals surface area contributed by atoms with Crippen molar-refractivity contribution in [3.63, 3.8) is 0 Å². The van der Waals surface area contributed by atoms with Gasteiger partial charge in [0.15, 0.2) is 0 Å². The lowest BCUT2D eigenvalue weighted by atomic mass is 9.88. The van der Waals surface area contributed by atoms with E-state index in [1.165, 1.54) is 0 Å². The standard InChI is InChI=1S/C20H23N3O3/c1-14(2)21-19(25)20(26)23-22-18(24)13-17(15-9-5-3-6-10-15)16-11-7-4-8-12-16/h3-12,14,17H,13H2,1-2H3,(H,21,25)(H,22,24)(H,23,26). The molecule has 0 unspecified atom stereocenters. The van der Waals surface area contributed by atoms with Gasteiger partial charge in [-0.3, -0.25) is 25.2 Å². The lowest BCUT2D eigenvalue weighted by Crippen LogP contribution is -2.49. The van der Waals surface area contributed by atoms with E-state index in [2.05, 4.69) is 16.2 Å². The van der Waals surface area contributed by atoms with Gasteiger partial charge in [0.2, 0.25) is 5.91 Å². The van der Waals surface area contributed by atoms with Gasteiger partial charge in [0.1, 0.15) is 0 Å². The number of rotatable bonds is 5. The number of hydrogen-bond acceptors (Lipinski definition) is 3. The molecule has 6 heteroatoms. The fourth-order valence-corrected chi connectivity index (χ4v) is 2.55. The summed E-state index contributed by atoms with van der Waals surface area (Å²) in [5, 5.41) is 2.46. The molecule has 0 saturated carbocycles. The maximum atomic E-state index is 12.3. The minimum Gasteiger partial charge on any atom is -0.346 e. The number of hydrogen-bond donors (Lipinski definition) is 3. The second-order valence-electron chi connectivity index (χ2n) is 6.21. The Labute approximate surface area is 153 Å². The van der Waals surface area contributed by atoms with Gasteiger partial charge in [0.05, 0.1) is 0 Å². The SMILES string of the molecule is CC(C)NC(=O)C(=O)NNC(=O)CC(c1ccccc1)c1ccccc1. The molecule has 0 aromatic heterocycles. The highest BCUT2D eigenvalue weighted by atomic mass is 16.2. The summed E-state index contributed by atoms with van der Waals surface area (Å²) >= 11 is 0. The molecule has 0 aliphatic heterocycles. The summed E-state index contributed by atoms with van der Waals surface area (Å²) in [5.74, 6) is -2.22. The van der Waals surface area contributed by atoms with Crippen LogP contribution in [0.1, 0.15) is 37.3 Å². The third-order valence-corrected chi connectivity index (χ3v) is 3.73.